The van der Waals surface area contributed by atoms with Gasteiger partial charge in [0.1, 0.15) is 4.88 Å². The molecule has 2 aromatic rings. The molecule has 0 aliphatic carbocycles. The third kappa shape index (κ3) is 2.18. The third-order valence-electron chi connectivity index (χ3n) is 2.40. The number of carbonyl (C=O) groups excluding carboxylic acids is 1. The van der Waals surface area contributed by atoms with E-state index in [2.05, 4.69) is 15.9 Å². The molecule has 0 amide bonds. The number of halogens is 1. The second-order valence-electron chi connectivity index (χ2n) is 3.48. The van der Waals surface area contributed by atoms with Crippen molar-refractivity contribution in [1.82, 2.24) is 0 Å². The maximum absolute atomic E-state index is 11.6. The van der Waals surface area contributed by atoms with Crippen LogP contribution in [-0.2, 0) is 4.74 Å². The number of carbonyl (C=O) groups is 1. The van der Waals surface area contributed by atoms with Crippen molar-refractivity contribution < 1.29 is 19.4 Å². The van der Waals surface area contributed by atoms with Crippen LogP contribution in [0.25, 0.3) is 10.1 Å². The number of rotatable bonds is 3. The normalized spacial score (nSPS) is 10.6. The van der Waals surface area contributed by atoms with Gasteiger partial charge in [-0.15, -0.1) is 11.3 Å². The van der Waals surface area contributed by atoms with Crippen molar-refractivity contribution in [3.8, 4) is 11.5 Å². The average molecular weight is 331 g/mol. The molecule has 96 valence electrons. The Morgan fingerprint density at radius 2 is 2.22 bits per heavy atom. The van der Waals surface area contributed by atoms with Crippen molar-refractivity contribution in [2.45, 2.75) is 6.92 Å². The number of benzene rings is 1. The summed E-state index contributed by atoms with van der Waals surface area (Å²) in [5.74, 6) is 0.0360. The Bertz CT molecular complexity index is 606. The van der Waals surface area contributed by atoms with Crippen LogP contribution in [0.3, 0.4) is 0 Å². The lowest BCUT2D eigenvalue weighted by Gasteiger charge is -2.05. The summed E-state index contributed by atoms with van der Waals surface area (Å²) in [5.41, 5.74) is 0. The zero-order valence-electron chi connectivity index (χ0n) is 9.82. The summed E-state index contributed by atoms with van der Waals surface area (Å²) in [7, 11) is 1.48. The number of aromatic hydroxyl groups is 1. The van der Waals surface area contributed by atoms with Gasteiger partial charge in [-0.05, 0) is 28.9 Å². The van der Waals surface area contributed by atoms with Gasteiger partial charge in [-0.3, -0.25) is 0 Å². The molecule has 0 spiro atoms. The maximum Gasteiger partial charge on any atom is 0.348 e. The van der Waals surface area contributed by atoms with Gasteiger partial charge in [-0.2, -0.15) is 0 Å². The van der Waals surface area contributed by atoms with E-state index in [4.69, 9.17) is 9.47 Å². The van der Waals surface area contributed by atoms with E-state index in [1.54, 1.807) is 19.1 Å². The highest BCUT2D eigenvalue weighted by atomic mass is 79.9. The van der Waals surface area contributed by atoms with E-state index in [-0.39, 0.29) is 11.7 Å². The highest BCUT2D eigenvalue weighted by Gasteiger charge is 2.17. The molecular formula is C12H11BrO4S. The van der Waals surface area contributed by atoms with Gasteiger partial charge in [0.25, 0.3) is 0 Å². The highest BCUT2D eigenvalue weighted by Crippen LogP contribution is 2.43. The van der Waals surface area contributed by atoms with E-state index < -0.39 is 0 Å². The van der Waals surface area contributed by atoms with E-state index >= 15 is 0 Å². The topological polar surface area (TPSA) is 55.8 Å². The predicted molar refractivity (Wildman–Crippen MR) is 73.7 cm³/mol. The van der Waals surface area contributed by atoms with Crippen molar-refractivity contribution in [1.29, 1.82) is 0 Å². The van der Waals surface area contributed by atoms with Crippen LogP contribution in [0, 0.1) is 0 Å². The van der Waals surface area contributed by atoms with Crippen LogP contribution in [0.15, 0.2) is 16.6 Å². The first-order chi connectivity index (χ1) is 8.58. The van der Waals surface area contributed by atoms with Crippen molar-refractivity contribution in [3.63, 3.8) is 0 Å². The fourth-order valence-electron chi connectivity index (χ4n) is 1.57. The van der Waals surface area contributed by atoms with Crippen molar-refractivity contribution in [3.05, 3.63) is 21.5 Å². The molecule has 6 heteroatoms. The zero-order chi connectivity index (χ0) is 13.3. The first-order valence-electron chi connectivity index (χ1n) is 5.24. The molecule has 1 N–H and O–H groups in total. The molecule has 0 saturated heterocycles. The fourth-order valence-corrected chi connectivity index (χ4v) is 3.21. The molecule has 18 heavy (non-hydrogen) atoms. The molecule has 1 aromatic carbocycles. The van der Waals surface area contributed by atoms with Gasteiger partial charge in [-0.1, -0.05) is 0 Å². The quantitative estimate of drug-likeness (QED) is 0.874. The Balaban J connectivity index is 2.58. The highest BCUT2D eigenvalue weighted by molar-refractivity contribution is 9.10. The van der Waals surface area contributed by atoms with Crippen LogP contribution >= 0.6 is 27.3 Å². The lowest BCUT2D eigenvalue weighted by Crippen LogP contribution is -2.01. The second-order valence-corrected chi connectivity index (χ2v) is 5.36. The van der Waals surface area contributed by atoms with Crippen LogP contribution in [0.1, 0.15) is 16.6 Å². The molecule has 0 aliphatic heterocycles. The number of phenols is 1. The standard InChI is InChI=1S/C12H11BrO4S/c1-3-17-12(15)9-4-6-8(18-9)5-7(16-2)11(14)10(6)13/h4-5,14H,3H2,1-2H3. The van der Waals surface area contributed by atoms with Gasteiger partial charge in [0.2, 0.25) is 0 Å². The molecular weight excluding hydrogens is 320 g/mol. The van der Waals surface area contributed by atoms with Crippen molar-refractivity contribution >= 4 is 43.3 Å². The van der Waals surface area contributed by atoms with Crippen molar-refractivity contribution in [2.24, 2.45) is 0 Å². The van der Waals surface area contributed by atoms with E-state index in [0.717, 1.165) is 10.1 Å². The Labute approximate surface area is 116 Å². The first kappa shape index (κ1) is 13.2. The Kier molecular flexibility index (Phi) is 3.77. The maximum atomic E-state index is 11.6. The summed E-state index contributed by atoms with van der Waals surface area (Å²) >= 11 is 4.60. The largest absolute Gasteiger partial charge is 0.503 e. The molecule has 1 aromatic heterocycles. The average Bonchev–Trinajstić information content (AvgIpc) is 2.78. The molecule has 0 bridgehead atoms. The number of phenolic OH excluding ortho intramolecular Hbond substituents is 1. The fraction of sp³-hybridized carbons (Fsp3) is 0.250. The summed E-state index contributed by atoms with van der Waals surface area (Å²) in [6.07, 6.45) is 0. The van der Waals surface area contributed by atoms with Gasteiger partial charge in [-0.25, -0.2) is 4.79 Å². The summed E-state index contributed by atoms with van der Waals surface area (Å²) in [6.45, 7) is 2.10. The number of thiophene rings is 1. The molecule has 0 saturated carbocycles. The summed E-state index contributed by atoms with van der Waals surface area (Å²) in [5, 5.41) is 10.6. The SMILES string of the molecule is CCOC(=O)c1cc2c(Br)c(O)c(OC)cc2s1. The minimum absolute atomic E-state index is 0.0261. The number of methoxy groups -OCH3 is 1. The first-order valence-corrected chi connectivity index (χ1v) is 6.85. The number of hydrogen-bond donors (Lipinski definition) is 1. The molecule has 0 unspecified atom stereocenters. The van der Waals surface area contributed by atoms with Crippen molar-refractivity contribution in [2.75, 3.05) is 13.7 Å². The van der Waals surface area contributed by atoms with E-state index in [1.807, 2.05) is 0 Å². The van der Waals surface area contributed by atoms with E-state index in [1.165, 1.54) is 18.4 Å². The van der Waals surface area contributed by atoms with Gasteiger partial charge in [0.05, 0.1) is 18.2 Å². The monoisotopic (exact) mass is 330 g/mol. The minimum Gasteiger partial charge on any atom is -0.503 e. The Morgan fingerprint density at radius 1 is 1.50 bits per heavy atom. The Hall–Kier alpha value is -1.27. The van der Waals surface area contributed by atoms with Crippen LogP contribution in [0.5, 0.6) is 11.5 Å². The van der Waals surface area contributed by atoms with Gasteiger partial charge in [0.15, 0.2) is 11.5 Å². The van der Waals surface area contributed by atoms with E-state index in [9.17, 15) is 9.90 Å². The van der Waals surface area contributed by atoms with Gasteiger partial charge in [0, 0.05) is 16.2 Å². The number of ether oxygens (including phenoxy) is 2. The molecule has 0 atom stereocenters. The van der Waals surface area contributed by atoms with E-state index in [0.29, 0.717) is 21.7 Å². The second kappa shape index (κ2) is 5.16. The van der Waals surface area contributed by atoms with Crippen LogP contribution < -0.4 is 4.74 Å². The smallest absolute Gasteiger partial charge is 0.348 e. The number of fused-ring (bicyclic) bond motifs is 1. The minimum atomic E-state index is -0.357. The molecule has 4 nitrogen and oxygen atoms in total. The molecule has 1 heterocycles. The van der Waals surface area contributed by atoms with Crippen LogP contribution in [0.4, 0.5) is 0 Å². The molecule has 0 fully saturated rings. The van der Waals surface area contributed by atoms with Gasteiger partial charge < -0.3 is 14.6 Å². The number of hydrogen-bond acceptors (Lipinski definition) is 5. The summed E-state index contributed by atoms with van der Waals surface area (Å²) in [4.78, 5) is 12.1. The summed E-state index contributed by atoms with van der Waals surface area (Å²) < 4.78 is 11.4. The molecule has 0 aliphatic rings. The van der Waals surface area contributed by atoms with Crippen LogP contribution in [-0.4, -0.2) is 24.8 Å². The molecule has 2 rings (SSSR count). The van der Waals surface area contributed by atoms with Gasteiger partial charge >= 0.3 is 5.97 Å². The van der Waals surface area contributed by atoms with Crippen LogP contribution in [0.2, 0.25) is 0 Å². The number of esters is 1. The molecule has 0 radical (unpaired) electrons. The summed E-state index contributed by atoms with van der Waals surface area (Å²) in [6, 6.07) is 3.39. The predicted octanol–water partition coefficient (Wildman–Crippen LogP) is 3.55. The lowest BCUT2D eigenvalue weighted by atomic mass is 10.2. The lowest BCUT2D eigenvalue weighted by molar-refractivity contribution is 0.0532. The third-order valence-corrected chi connectivity index (χ3v) is 4.26. The Morgan fingerprint density at radius 3 is 2.83 bits per heavy atom. The zero-order valence-corrected chi connectivity index (χ0v) is 12.2.